The van der Waals surface area contributed by atoms with Gasteiger partial charge in [0.15, 0.2) is 0 Å². The standard InChI is InChI=1S/C19H20F3N3O2S/c1-24(18(26)16-3-2-8-23-17(16)28-19(20,21)22)13-14-4-6-15(7-5-14)25-9-11-27-12-10-25/h2-8H,9-13H2,1H3. The van der Waals surface area contributed by atoms with Gasteiger partial charge >= 0.3 is 5.51 Å². The lowest BCUT2D eigenvalue weighted by Crippen LogP contribution is -2.36. The minimum Gasteiger partial charge on any atom is -0.378 e. The lowest BCUT2D eigenvalue weighted by atomic mass is 10.1. The number of aromatic nitrogens is 1. The van der Waals surface area contributed by atoms with Crippen LogP contribution in [0.3, 0.4) is 0 Å². The van der Waals surface area contributed by atoms with Crippen LogP contribution < -0.4 is 4.90 Å². The van der Waals surface area contributed by atoms with Gasteiger partial charge in [0.2, 0.25) is 0 Å². The monoisotopic (exact) mass is 411 g/mol. The molecule has 5 nitrogen and oxygen atoms in total. The zero-order chi connectivity index (χ0) is 20.1. The fourth-order valence-corrected chi connectivity index (χ4v) is 3.53. The molecule has 0 saturated carbocycles. The number of rotatable bonds is 5. The number of alkyl halides is 3. The van der Waals surface area contributed by atoms with Gasteiger partial charge in [-0.25, -0.2) is 4.98 Å². The number of benzene rings is 1. The van der Waals surface area contributed by atoms with Crippen LogP contribution in [0.25, 0.3) is 0 Å². The van der Waals surface area contributed by atoms with Crippen LogP contribution in [0.1, 0.15) is 15.9 Å². The Labute approximate surface area is 165 Å². The van der Waals surface area contributed by atoms with E-state index in [-0.39, 0.29) is 28.9 Å². The molecule has 1 aromatic heterocycles. The van der Waals surface area contributed by atoms with Gasteiger partial charge in [0, 0.05) is 50.3 Å². The first kappa shape index (κ1) is 20.5. The van der Waals surface area contributed by atoms with Crippen molar-refractivity contribution in [1.82, 2.24) is 9.88 Å². The van der Waals surface area contributed by atoms with Crippen molar-refractivity contribution >= 4 is 23.4 Å². The van der Waals surface area contributed by atoms with Crippen molar-refractivity contribution < 1.29 is 22.7 Å². The van der Waals surface area contributed by atoms with Crippen LogP contribution in [0.5, 0.6) is 0 Å². The van der Waals surface area contributed by atoms with Gasteiger partial charge in [0.1, 0.15) is 5.03 Å². The van der Waals surface area contributed by atoms with Crippen molar-refractivity contribution in [2.75, 3.05) is 38.3 Å². The van der Waals surface area contributed by atoms with Crippen LogP contribution in [0, 0.1) is 0 Å². The van der Waals surface area contributed by atoms with Gasteiger partial charge < -0.3 is 14.5 Å². The van der Waals surface area contributed by atoms with Crippen molar-refractivity contribution in [2.45, 2.75) is 17.1 Å². The van der Waals surface area contributed by atoms with Crippen LogP contribution in [0.4, 0.5) is 18.9 Å². The van der Waals surface area contributed by atoms with Crippen molar-refractivity contribution in [3.8, 4) is 0 Å². The molecule has 9 heteroatoms. The van der Waals surface area contributed by atoms with E-state index in [2.05, 4.69) is 9.88 Å². The summed E-state index contributed by atoms with van der Waals surface area (Å²) in [4.78, 5) is 20.0. The Morgan fingerprint density at radius 2 is 1.89 bits per heavy atom. The normalized spacial score (nSPS) is 14.8. The van der Waals surface area contributed by atoms with Gasteiger partial charge in [-0.15, -0.1) is 0 Å². The maximum absolute atomic E-state index is 12.7. The Kier molecular flexibility index (Phi) is 6.46. The lowest BCUT2D eigenvalue weighted by molar-refractivity contribution is -0.0329. The summed E-state index contributed by atoms with van der Waals surface area (Å²) in [6.45, 7) is 3.34. The second-order valence-corrected chi connectivity index (χ2v) is 7.38. The number of morpholine rings is 1. The number of carbonyl (C=O) groups is 1. The molecule has 1 saturated heterocycles. The zero-order valence-electron chi connectivity index (χ0n) is 15.3. The number of amides is 1. The van der Waals surface area contributed by atoms with Gasteiger partial charge in [-0.3, -0.25) is 4.79 Å². The number of carbonyl (C=O) groups excluding carboxylic acids is 1. The number of ether oxygens (including phenoxy) is 1. The SMILES string of the molecule is CN(Cc1ccc(N2CCOCC2)cc1)C(=O)c1cccnc1SC(F)(F)F. The van der Waals surface area contributed by atoms with Crippen molar-refractivity contribution in [3.05, 3.63) is 53.7 Å². The molecule has 0 spiro atoms. The molecule has 0 bridgehead atoms. The third kappa shape index (κ3) is 5.39. The number of nitrogens with zero attached hydrogens (tertiary/aromatic N) is 3. The molecule has 1 aliphatic heterocycles. The molecule has 0 radical (unpaired) electrons. The quantitative estimate of drug-likeness (QED) is 0.701. The highest BCUT2D eigenvalue weighted by Gasteiger charge is 2.32. The predicted molar refractivity (Wildman–Crippen MR) is 101 cm³/mol. The Morgan fingerprint density at radius 1 is 1.21 bits per heavy atom. The summed E-state index contributed by atoms with van der Waals surface area (Å²) in [5, 5.41) is -0.338. The summed E-state index contributed by atoms with van der Waals surface area (Å²) < 4.78 is 43.5. The highest BCUT2D eigenvalue weighted by atomic mass is 32.2. The highest BCUT2D eigenvalue weighted by molar-refractivity contribution is 8.00. The maximum Gasteiger partial charge on any atom is 0.447 e. The van der Waals surface area contributed by atoms with Crippen LogP contribution in [0.15, 0.2) is 47.6 Å². The molecule has 1 amide bonds. The summed E-state index contributed by atoms with van der Waals surface area (Å²) in [5.74, 6) is -0.503. The van der Waals surface area contributed by atoms with Crippen LogP contribution in [-0.4, -0.2) is 54.7 Å². The smallest absolute Gasteiger partial charge is 0.378 e. The fraction of sp³-hybridized carbons (Fsp3) is 0.368. The Balaban J connectivity index is 1.67. The molecule has 1 fully saturated rings. The molecule has 2 heterocycles. The Bertz CT molecular complexity index is 809. The number of thioether (sulfide) groups is 1. The molecule has 0 unspecified atom stereocenters. The summed E-state index contributed by atoms with van der Waals surface area (Å²) in [6, 6.07) is 10.6. The summed E-state index contributed by atoms with van der Waals surface area (Å²) >= 11 is -0.377. The van der Waals surface area contributed by atoms with E-state index >= 15 is 0 Å². The Morgan fingerprint density at radius 3 is 2.54 bits per heavy atom. The molecule has 3 rings (SSSR count). The number of pyridine rings is 1. The second-order valence-electron chi connectivity index (χ2n) is 6.33. The summed E-state index contributed by atoms with van der Waals surface area (Å²) in [6.07, 6.45) is 1.25. The topological polar surface area (TPSA) is 45.7 Å². The van der Waals surface area contributed by atoms with Crippen molar-refractivity contribution in [2.24, 2.45) is 0 Å². The van der Waals surface area contributed by atoms with Crippen molar-refractivity contribution in [3.63, 3.8) is 0 Å². The van der Waals surface area contributed by atoms with Gasteiger partial charge in [-0.05, 0) is 29.8 Å². The minimum atomic E-state index is -4.50. The van der Waals surface area contributed by atoms with Crippen LogP contribution >= 0.6 is 11.8 Å². The first-order valence-electron chi connectivity index (χ1n) is 8.71. The van der Waals surface area contributed by atoms with E-state index in [0.29, 0.717) is 13.2 Å². The van der Waals surface area contributed by atoms with E-state index in [1.165, 1.54) is 23.2 Å². The van der Waals surface area contributed by atoms with E-state index in [1.807, 2.05) is 24.3 Å². The van der Waals surface area contributed by atoms with E-state index < -0.39 is 11.4 Å². The Hall–Kier alpha value is -2.26. The number of hydrogen-bond donors (Lipinski definition) is 0. The van der Waals surface area contributed by atoms with Gasteiger partial charge in [0.25, 0.3) is 5.91 Å². The van der Waals surface area contributed by atoms with Crippen molar-refractivity contribution in [1.29, 1.82) is 0 Å². The van der Waals surface area contributed by atoms with E-state index in [1.54, 1.807) is 7.05 Å². The summed E-state index contributed by atoms with van der Waals surface area (Å²) in [5.41, 5.74) is -2.59. The molecule has 0 N–H and O–H groups in total. The average molecular weight is 411 g/mol. The molecule has 28 heavy (non-hydrogen) atoms. The summed E-state index contributed by atoms with van der Waals surface area (Å²) in [7, 11) is 1.56. The first-order chi connectivity index (χ1) is 13.3. The molecular weight excluding hydrogens is 391 g/mol. The third-order valence-corrected chi connectivity index (χ3v) is 5.04. The number of halogens is 3. The number of anilines is 1. The number of hydrogen-bond acceptors (Lipinski definition) is 5. The molecule has 150 valence electrons. The van der Waals surface area contributed by atoms with Crippen LogP contribution in [-0.2, 0) is 11.3 Å². The predicted octanol–water partition coefficient (Wildman–Crippen LogP) is 3.80. The molecule has 1 aliphatic rings. The molecule has 2 aromatic rings. The van der Waals surface area contributed by atoms with Crippen LogP contribution in [0.2, 0.25) is 0 Å². The first-order valence-corrected chi connectivity index (χ1v) is 9.53. The maximum atomic E-state index is 12.7. The van der Waals surface area contributed by atoms with Gasteiger partial charge in [-0.2, -0.15) is 13.2 Å². The van der Waals surface area contributed by atoms with E-state index in [9.17, 15) is 18.0 Å². The average Bonchev–Trinajstić information content (AvgIpc) is 2.68. The largest absolute Gasteiger partial charge is 0.447 e. The second kappa shape index (κ2) is 8.83. The van der Waals surface area contributed by atoms with Gasteiger partial charge in [0.05, 0.1) is 18.8 Å². The molecular formula is C19H20F3N3O2S. The van der Waals surface area contributed by atoms with E-state index in [4.69, 9.17) is 4.74 Å². The highest BCUT2D eigenvalue weighted by Crippen LogP contribution is 2.37. The lowest BCUT2D eigenvalue weighted by Gasteiger charge is -2.29. The molecule has 0 atom stereocenters. The van der Waals surface area contributed by atoms with Gasteiger partial charge in [-0.1, -0.05) is 12.1 Å². The third-order valence-electron chi connectivity index (χ3n) is 4.29. The zero-order valence-corrected chi connectivity index (χ0v) is 16.1. The molecule has 1 aromatic carbocycles. The molecule has 0 aliphatic carbocycles. The minimum absolute atomic E-state index is 0.0581. The van der Waals surface area contributed by atoms with E-state index in [0.717, 1.165) is 24.3 Å². The fourth-order valence-electron chi connectivity index (χ4n) is 2.93.